The molecule has 1 N–H and O–H groups in total. The molecule has 90 valence electrons. The van der Waals surface area contributed by atoms with Gasteiger partial charge in [-0.25, -0.2) is 0 Å². The van der Waals surface area contributed by atoms with Gasteiger partial charge in [-0.1, -0.05) is 31.5 Å². The second-order valence-corrected chi connectivity index (χ2v) is 4.23. The summed E-state index contributed by atoms with van der Waals surface area (Å²) in [5, 5.41) is 3.27. The van der Waals surface area contributed by atoms with Gasteiger partial charge in [0.15, 0.2) is 0 Å². The van der Waals surface area contributed by atoms with Crippen molar-refractivity contribution in [3.05, 3.63) is 29.8 Å². The van der Waals surface area contributed by atoms with Crippen LogP contribution in [0.25, 0.3) is 0 Å². The number of hydrogen-bond acceptors (Lipinski definition) is 2. The third kappa shape index (κ3) is 3.86. The summed E-state index contributed by atoms with van der Waals surface area (Å²) < 4.78 is 5.38. The van der Waals surface area contributed by atoms with Crippen molar-refractivity contribution in [2.24, 2.45) is 5.92 Å². The van der Waals surface area contributed by atoms with E-state index in [1.54, 1.807) is 7.11 Å². The van der Waals surface area contributed by atoms with Gasteiger partial charge in [-0.05, 0) is 44.0 Å². The lowest BCUT2D eigenvalue weighted by Crippen LogP contribution is -2.20. The molecule has 0 aliphatic rings. The Labute approximate surface area is 99.0 Å². The van der Waals surface area contributed by atoms with E-state index in [1.807, 2.05) is 19.2 Å². The lowest BCUT2D eigenvalue weighted by Gasteiger charge is -2.17. The van der Waals surface area contributed by atoms with Crippen molar-refractivity contribution in [2.75, 3.05) is 20.7 Å². The Morgan fingerprint density at radius 2 is 2.06 bits per heavy atom. The Morgan fingerprint density at radius 1 is 1.31 bits per heavy atom. The van der Waals surface area contributed by atoms with Crippen LogP contribution in [0.3, 0.4) is 0 Å². The van der Waals surface area contributed by atoms with Gasteiger partial charge in [0.2, 0.25) is 0 Å². The first kappa shape index (κ1) is 13.0. The van der Waals surface area contributed by atoms with Crippen LogP contribution in [0.5, 0.6) is 5.75 Å². The minimum Gasteiger partial charge on any atom is -0.496 e. The fourth-order valence-electron chi connectivity index (χ4n) is 2.16. The lowest BCUT2D eigenvalue weighted by molar-refractivity contribution is 0.397. The van der Waals surface area contributed by atoms with E-state index in [1.165, 1.54) is 18.4 Å². The van der Waals surface area contributed by atoms with Gasteiger partial charge in [-0.3, -0.25) is 0 Å². The minimum absolute atomic E-state index is 0.700. The topological polar surface area (TPSA) is 21.3 Å². The standard InChI is InChI=1S/C14H23NO/c1-4-7-12(11-15-2)10-13-8-5-6-9-14(13)16-3/h5-6,8-9,12,15H,4,7,10-11H2,1-3H3. The summed E-state index contributed by atoms with van der Waals surface area (Å²) in [6.07, 6.45) is 3.60. The number of ether oxygens (including phenoxy) is 1. The highest BCUT2D eigenvalue weighted by molar-refractivity contribution is 5.33. The van der Waals surface area contributed by atoms with Crippen molar-refractivity contribution in [1.82, 2.24) is 5.32 Å². The maximum absolute atomic E-state index is 5.38. The fourth-order valence-corrected chi connectivity index (χ4v) is 2.16. The van der Waals surface area contributed by atoms with E-state index in [0.29, 0.717) is 5.92 Å². The lowest BCUT2D eigenvalue weighted by atomic mass is 9.94. The molecule has 2 heteroatoms. The number of methoxy groups -OCH3 is 1. The predicted molar refractivity (Wildman–Crippen MR) is 69.0 cm³/mol. The Balaban J connectivity index is 2.67. The SMILES string of the molecule is CCCC(CNC)Cc1ccccc1OC. The highest BCUT2D eigenvalue weighted by atomic mass is 16.5. The number of para-hydroxylation sites is 1. The summed E-state index contributed by atoms with van der Waals surface area (Å²) in [4.78, 5) is 0. The molecule has 1 atom stereocenters. The summed E-state index contributed by atoms with van der Waals surface area (Å²) in [5.74, 6) is 1.71. The molecule has 0 saturated carbocycles. The predicted octanol–water partition coefficient (Wildman–Crippen LogP) is 2.87. The van der Waals surface area contributed by atoms with Crippen molar-refractivity contribution >= 4 is 0 Å². The molecule has 1 unspecified atom stereocenters. The van der Waals surface area contributed by atoms with Gasteiger partial charge in [0, 0.05) is 0 Å². The van der Waals surface area contributed by atoms with Crippen LogP contribution < -0.4 is 10.1 Å². The van der Waals surface area contributed by atoms with Crippen molar-refractivity contribution in [2.45, 2.75) is 26.2 Å². The molecular weight excluding hydrogens is 198 g/mol. The molecule has 1 aromatic rings. The average molecular weight is 221 g/mol. The van der Waals surface area contributed by atoms with Crippen LogP contribution in [0.2, 0.25) is 0 Å². The van der Waals surface area contributed by atoms with Gasteiger partial charge < -0.3 is 10.1 Å². The second kappa shape index (κ2) is 7.29. The third-order valence-corrected chi connectivity index (χ3v) is 2.89. The monoisotopic (exact) mass is 221 g/mol. The molecule has 0 aliphatic heterocycles. The van der Waals surface area contributed by atoms with Gasteiger partial charge >= 0.3 is 0 Å². The highest BCUT2D eigenvalue weighted by Crippen LogP contribution is 2.22. The largest absolute Gasteiger partial charge is 0.496 e. The van der Waals surface area contributed by atoms with Crippen LogP contribution in [-0.2, 0) is 6.42 Å². The van der Waals surface area contributed by atoms with E-state index in [-0.39, 0.29) is 0 Å². The van der Waals surface area contributed by atoms with Crippen molar-refractivity contribution in [3.8, 4) is 5.75 Å². The zero-order chi connectivity index (χ0) is 11.8. The van der Waals surface area contributed by atoms with E-state index in [2.05, 4.69) is 24.4 Å². The van der Waals surface area contributed by atoms with Crippen LogP contribution in [0, 0.1) is 5.92 Å². The van der Waals surface area contributed by atoms with Gasteiger partial charge in [0.05, 0.1) is 7.11 Å². The molecule has 16 heavy (non-hydrogen) atoms. The summed E-state index contributed by atoms with van der Waals surface area (Å²) in [6.45, 7) is 3.32. The molecule has 0 bridgehead atoms. The molecule has 1 aromatic carbocycles. The van der Waals surface area contributed by atoms with E-state index in [4.69, 9.17) is 4.74 Å². The molecular formula is C14H23NO. The summed E-state index contributed by atoms with van der Waals surface area (Å²) >= 11 is 0. The van der Waals surface area contributed by atoms with Crippen molar-refractivity contribution in [3.63, 3.8) is 0 Å². The van der Waals surface area contributed by atoms with E-state index in [9.17, 15) is 0 Å². The minimum atomic E-state index is 0.700. The number of rotatable bonds is 7. The molecule has 0 fully saturated rings. The van der Waals surface area contributed by atoms with E-state index >= 15 is 0 Å². The summed E-state index contributed by atoms with van der Waals surface area (Å²) in [6, 6.07) is 8.31. The zero-order valence-electron chi connectivity index (χ0n) is 10.6. The Hall–Kier alpha value is -1.02. The first-order chi connectivity index (χ1) is 7.81. The van der Waals surface area contributed by atoms with Gasteiger partial charge in [-0.2, -0.15) is 0 Å². The van der Waals surface area contributed by atoms with Gasteiger partial charge in [0.25, 0.3) is 0 Å². The van der Waals surface area contributed by atoms with Crippen LogP contribution >= 0.6 is 0 Å². The highest BCUT2D eigenvalue weighted by Gasteiger charge is 2.10. The number of hydrogen-bond donors (Lipinski definition) is 1. The smallest absolute Gasteiger partial charge is 0.122 e. The van der Waals surface area contributed by atoms with E-state index < -0.39 is 0 Å². The third-order valence-electron chi connectivity index (χ3n) is 2.89. The molecule has 0 amide bonds. The first-order valence-electron chi connectivity index (χ1n) is 6.08. The van der Waals surface area contributed by atoms with Crippen LogP contribution in [0.15, 0.2) is 24.3 Å². The van der Waals surface area contributed by atoms with Gasteiger partial charge in [-0.15, -0.1) is 0 Å². The molecule has 0 aliphatic carbocycles. The normalized spacial score (nSPS) is 12.4. The second-order valence-electron chi connectivity index (χ2n) is 4.23. The Bertz CT molecular complexity index is 293. The first-order valence-corrected chi connectivity index (χ1v) is 6.08. The molecule has 0 spiro atoms. The fraction of sp³-hybridized carbons (Fsp3) is 0.571. The summed E-state index contributed by atoms with van der Waals surface area (Å²) in [7, 11) is 3.76. The van der Waals surface area contributed by atoms with Crippen molar-refractivity contribution < 1.29 is 4.74 Å². The molecule has 0 saturated heterocycles. The Kier molecular flexibility index (Phi) is 5.94. The molecule has 1 rings (SSSR count). The molecule has 0 heterocycles. The maximum atomic E-state index is 5.38. The van der Waals surface area contributed by atoms with Crippen molar-refractivity contribution in [1.29, 1.82) is 0 Å². The average Bonchev–Trinajstić information content (AvgIpc) is 2.30. The quantitative estimate of drug-likeness (QED) is 0.764. The van der Waals surface area contributed by atoms with E-state index in [0.717, 1.165) is 18.7 Å². The molecule has 0 aromatic heterocycles. The van der Waals surface area contributed by atoms with Crippen LogP contribution in [0.4, 0.5) is 0 Å². The summed E-state index contributed by atoms with van der Waals surface area (Å²) in [5.41, 5.74) is 1.32. The Morgan fingerprint density at radius 3 is 2.69 bits per heavy atom. The number of nitrogens with one attached hydrogen (secondary N) is 1. The zero-order valence-corrected chi connectivity index (χ0v) is 10.6. The number of benzene rings is 1. The molecule has 2 nitrogen and oxygen atoms in total. The van der Waals surface area contributed by atoms with Gasteiger partial charge in [0.1, 0.15) is 5.75 Å². The maximum Gasteiger partial charge on any atom is 0.122 e. The molecule has 0 radical (unpaired) electrons. The van der Waals surface area contributed by atoms with Crippen LogP contribution in [0.1, 0.15) is 25.3 Å². The van der Waals surface area contributed by atoms with Crippen LogP contribution in [-0.4, -0.2) is 20.7 Å².